The molecule has 1 aromatic rings. The Morgan fingerprint density at radius 2 is 2.24 bits per heavy atom. The fourth-order valence-electron chi connectivity index (χ4n) is 5.00. The largest absolute Gasteiger partial charge is 0.483 e. The lowest BCUT2D eigenvalue weighted by atomic mass is 9.73. The van der Waals surface area contributed by atoms with E-state index in [1.54, 1.807) is 11.3 Å². The summed E-state index contributed by atoms with van der Waals surface area (Å²) in [6.45, 7) is 6.10. The minimum absolute atomic E-state index is 0.0787. The molecule has 0 unspecified atom stereocenters. The fraction of sp³-hybridized carbons (Fsp3) is 0.667. The average Bonchev–Trinajstić information content (AvgIpc) is 3.41. The van der Waals surface area contributed by atoms with Gasteiger partial charge in [0.2, 0.25) is 11.8 Å². The van der Waals surface area contributed by atoms with Crippen molar-refractivity contribution in [1.29, 1.82) is 0 Å². The van der Waals surface area contributed by atoms with Gasteiger partial charge in [-0.15, -0.1) is 11.3 Å². The number of rotatable bonds is 6. The summed E-state index contributed by atoms with van der Waals surface area (Å²) in [5, 5.41) is 12.0. The van der Waals surface area contributed by atoms with Gasteiger partial charge in [0.25, 0.3) is 6.47 Å². The van der Waals surface area contributed by atoms with Crippen molar-refractivity contribution in [3.05, 3.63) is 22.4 Å². The van der Waals surface area contributed by atoms with Crippen LogP contribution in [0.3, 0.4) is 0 Å². The van der Waals surface area contributed by atoms with E-state index in [1.807, 2.05) is 22.4 Å². The van der Waals surface area contributed by atoms with Crippen molar-refractivity contribution in [2.24, 2.45) is 17.8 Å². The number of fused-ring (bicyclic) bond motifs is 1. The number of hydrogen-bond acceptors (Lipinski definition) is 5. The van der Waals surface area contributed by atoms with Gasteiger partial charge < -0.3 is 20.1 Å². The van der Waals surface area contributed by atoms with Crippen LogP contribution in [0.5, 0.6) is 0 Å². The van der Waals surface area contributed by atoms with Crippen molar-refractivity contribution in [3.63, 3.8) is 0 Å². The molecule has 0 saturated carbocycles. The molecule has 0 aliphatic carbocycles. The summed E-state index contributed by atoms with van der Waals surface area (Å²) in [4.78, 5) is 36.2. The average molecular weight is 423 g/mol. The molecular weight excluding hydrogens is 392 g/mol. The number of thiophene rings is 1. The molecule has 3 aliphatic rings. The van der Waals surface area contributed by atoms with Crippen LogP contribution in [0.4, 0.5) is 0 Å². The van der Waals surface area contributed by atoms with Gasteiger partial charge in [-0.3, -0.25) is 14.4 Å². The van der Waals surface area contributed by atoms with E-state index in [4.69, 9.17) is 14.6 Å². The first-order valence-electron chi connectivity index (χ1n) is 10.2. The Bertz CT molecular complexity index is 723. The van der Waals surface area contributed by atoms with E-state index in [0.717, 1.165) is 30.8 Å². The Balaban J connectivity index is 0.000000755. The number of carbonyl (C=O) groups excluding carboxylic acids is 2. The molecule has 3 aliphatic heterocycles. The molecular formula is C21H30N2O5S. The molecule has 3 fully saturated rings. The number of carbonyl (C=O) groups is 3. The van der Waals surface area contributed by atoms with Gasteiger partial charge in [-0.2, -0.15) is 0 Å². The number of nitrogens with zero attached hydrogens (tertiary/aromatic N) is 1. The molecule has 0 aromatic carbocycles. The molecule has 1 aromatic heterocycles. The Kier molecular flexibility index (Phi) is 6.95. The Hall–Kier alpha value is -1.93. The maximum absolute atomic E-state index is 12.5. The normalized spacial score (nSPS) is 29.3. The number of hydrogen-bond donors (Lipinski definition) is 2. The zero-order chi connectivity index (χ0) is 21.0. The van der Waals surface area contributed by atoms with Gasteiger partial charge in [0.1, 0.15) is 0 Å². The first-order chi connectivity index (χ1) is 13.9. The molecule has 29 heavy (non-hydrogen) atoms. The third-order valence-electron chi connectivity index (χ3n) is 6.17. The number of likely N-dealkylation sites (tertiary alicyclic amines) is 1. The summed E-state index contributed by atoms with van der Waals surface area (Å²) in [6.07, 6.45) is 3.39. The summed E-state index contributed by atoms with van der Waals surface area (Å²) in [7, 11) is 0. The number of amides is 2. The van der Waals surface area contributed by atoms with Crippen molar-refractivity contribution in [1.82, 2.24) is 10.2 Å². The zero-order valence-corrected chi connectivity index (χ0v) is 17.8. The van der Waals surface area contributed by atoms with Gasteiger partial charge in [-0.05, 0) is 30.2 Å². The molecule has 3 saturated heterocycles. The van der Waals surface area contributed by atoms with Crippen LogP contribution >= 0.6 is 11.3 Å². The molecule has 4 heterocycles. The smallest absolute Gasteiger partial charge is 0.290 e. The lowest BCUT2D eigenvalue weighted by Crippen LogP contribution is -2.42. The van der Waals surface area contributed by atoms with Gasteiger partial charge in [0.15, 0.2) is 0 Å². The van der Waals surface area contributed by atoms with E-state index >= 15 is 0 Å². The summed E-state index contributed by atoms with van der Waals surface area (Å²) >= 11 is 1.61. The van der Waals surface area contributed by atoms with Crippen LogP contribution < -0.4 is 5.32 Å². The standard InChI is InChI=1S/C20H28N2O3S.CH2O2/c1-13(2)8-19(24)22-11-16-15(17-5-6-20(16,12-22)25-17)10-21-18(23)9-14-4-3-7-26-14;2-1-3/h3-4,7,13,15-17H,5-6,8-12H2,1-2H3,(H,21,23);1H,(H,2,3)/t15-,16+,17+,20+;/m0./s1. The highest BCUT2D eigenvalue weighted by molar-refractivity contribution is 7.10. The van der Waals surface area contributed by atoms with Gasteiger partial charge >= 0.3 is 0 Å². The van der Waals surface area contributed by atoms with Crippen LogP contribution in [0.25, 0.3) is 0 Å². The van der Waals surface area contributed by atoms with Gasteiger partial charge in [-0.1, -0.05) is 19.9 Å². The minimum atomic E-state index is -0.250. The van der Waals surface area contributed by atoms with Crippen LogP contribution in [0.1, 0.15) is 38.0 Å². The molecule has 2 amide bonds. The fourth-order valence-corrected chi connectivity index (χ4v) is 5.70. The second-order valence-electron chi connectivity index (χ2n) is 8.57. The summed E-state index contributed by atoms with van der Waals surface area (Å²) in [5.74, 6) is 1.39. The van der Waals surface area contributed by atoms with Crippen LogP contribution in [0, 0.1) is 17.8 Å². The molecule has 8 heteroatoms. The third kappa shape index (κ3) is 4.80. The monoisotopic (exact) mass is 422 g/mol. The van der Waals surface area contributed by atoms with Gasteiger partial charge in [0, 0.05) is 36.2 Å². The number of nitrogens with one attached hydrogen (secondary N) is 1. The van der Waals surface area contributed by atoms with E-state index < -0.39 is 0 Å². The van der Waals surface area contributed by atoms with Crippen molar-refractivity contribution < 1.29 is 24.2 Å². The van der Waals surface area contributed by atoms with Crippen molar-refractivity contribution in [2.45, 2.75) is 51.2 Å². The van der Waals surface area contributed by atoms with E-state index in [1.165, 1.54) is 0 Å². The molecule has 2 N–H and O–H groups in total. The zero-order valence-electron chi connectivity index (χ0n) is 17.0. The van der Waals surface area contributed by atoms with Crippen LogP contribution in [0.15, 0.2) is 17.5 Å². The predicted molar refractivity (Wildman–Crippen MR) is 110 cm³/mol. The SMILES string of the molecule is CC(C)CC(=O)N1C[C@@H]2[C@H](CNC(=O)Cc3cccs3)[C@H]3CC[C@]2(C1)O3.O=CO. The molecule has 7 nitrogen and oxygen atoms in total. The van der Waals surface area contributed by atoms with Crippen LogP contribution in [0.2, 0.25) is 0 Å². The quantitative estimate of drug-likeness (QED) is 0.685. The maximum atomic E-state index is 12.5. The molecule has 0 radical (unpaired) electrons. The maximum Gasteiger partial charge on any atom is 0.290 e. The lowest BCUT2D eigenvalue weighted by Gasteiger charge is -2.29. The van der Waals surface area contributed by atoms with E-state index in [2.05, 4.69) is 19.2 Å². The van der Waals surface area contributed by atoms with Crippen LogP contribution in [-0.4, -0.2) is 59.6 Å². The number of ether oxygens (including phenoxy) is 1. The molecule has 2 bridgehead atoms. The summed E-state index contributed by atoms with van der Waals surface area (Å²) in [5.41, 5.74) is -0.152. The van der Waals surface area contributed by atoms with Crippen LogP contribution in [-0.2, 0) is 25.5 Å². The van der Waals surface area contributed by atoms with Gasteiger partial charge in [0.05, 0.1) is 24.7 Å². The first kappa shape index (κ1) is 21.8. The Morgan fingerprint density at radius 1 is 1.48 bits per heavy atom. The number of carboxylic acid groups (broad SMARTS) is 1. The lowest BCUT2D eigenvalue weighted by molar-refractivity contribution is -0.132. The van der Waals surface area contributed by atoms with Gasteiger partial charge in [-0.25, -0.2) is 0 Å². The molecule has 1 spiro atoms. The first-order valence-corrected chi connectivity index (χ1v) is 11.1. The van der Waals surface area contributed by atoms with E-state index in [0.29, 0.717) is 37.1 Å². The highest BCUT2D eigenvalue weighted by Gasteiger charge is 2.63. The minimum Gasteiger partial charge on any atom is -0.483 e. The third-order valence-corrected chi connectivity index (χ3v) is 7.05. The molecule has 4 atom stereocenters. The second-order valence-corrected chi connectivity index (χ2v) is 9.60. The summed E-state index contributed by atoms with van der Waals surface area (Å²) in [6, 6.07) is 3.97. The second kappa shape index (κ2) is 9.26. The summed E-state index contributed by atoms with van der Waals surface area (Å²) < 4.78 is 6.38. The van der Waals surface area contributed by atoms with E-state index in [-0.39, 0.29) is 30.0 Å². The Labute approximate surface area is 175 Å². The van der Waals surface area contributed by atoms with E-state index in [9.17, 15) is 9.59 Å². The van der Waals surface area contributed by atoms with Crippen molar-refractivity contribution in [2.75, 3.05) is 19.6 Å². The molecule has 4 rings (SSSR count). The highest BCUT2D eigenvalue weighted by atomic mass is 32.1. The highest BCUT2D eigenvalue weighted by Crippen LogP contribution is 2.54. The topological polar surface area (TPSA) is 95.9 Å². The Morgan fingerprint density at radius 3 is 2.90 bits per heavy atom. The molecule has 160 valence electrons. The predicted octanol–water partition coefficient (Wildman–Crippen LogP) is 2.16. The van der Waals surface area contributed by atoms with Crippen molar-refractivity contribution in [3.8, 4) is 0 Å². The van der Waals surface area contributed by atoms with Crippen molar-refractivity contribution >= 4 is 29.6 Å².